The summed E-state index contributed by atoms with van der Waals surface area (Å²) in [6.45, 7) is 0. The van der Waals surface area contributed by atoms with Crippen molar-refractivity contribution in [1.82, 2.24) is 14.6 Å². The van der Waals surface area contributed by atoms with E-state index < -0.39 is 10.6 Å². The van der Waals surface area contributed by atoms with Gasteiger partial charge in [-0.15, -0.1) is 0 Å². The van der Waals surface area contributed by atoms with Crippen LogP contribution in [0.15, 0.2) is 23.1 Å². The van der Waals surface area contributed by atoms with Gasteiger partial charge < -0.3 is 0 Å². The van der Waals surface area contributed by atoms with Crippen molar-refractivity contribution in [3.63, 3.8) is 0 Å². The standard InChI is InChI=1S/C6H4N4O3/c11-6-8-7-5-3-4(10(12)13)1-2-9(5)6/h1-3H,(H,8,11). The molecule has 0 spiro atoms. The van der Waals surface area contributed by atoms with E-state index in [1.807, 2.05) is 0 Å². The van der Waals surface area contributed by atoms with Gasteiger partial charge in [0.15, 0.2) is 5.65 Å². The maximum absolute atomic E-state index is 10.9. The highest BCUT2D eigenvalue weighted by Crippen LogP contribution is 2.10. The van der Waals surface area contributed by atoms with Gasteiger partial charge in [-0.2, -0.15) is 5.10 Å². The summed E-state index contributed by atoms with van der Waals surface area (Å²) in [5.41, 5.74) is -0.268. The van der Waals surface area contributed by atoms with Crippen molar-refractivity contribution >= 4 is 11.3 Å². The fourth-order valence-electron chi connectivity index (χ4n) is 1.01. The quantitative estimate of drug-likeness (QED) is 0.491. The second kappa shape index (κ2) is 2.41. The summed E-state index contributed by atoms with van der Waals surface area (Å²) in [5, 5.41) is 16.1. The van der Waals surface area contributed by atoms with Crippen LogP contribution in [0.2, 0.25) is 0 Å². The van der Waals surface area contributed by atoms with Gasteiger partial charge in [0.2, 0.25) is 0 Å². The third kappa shape index (κ3) is 1.06. The lowest BCUT2D eigenvalue weighted by Gasteiger charge is -1.90. The number of hydrogen-bond acceptors (Lipinski definition) is 4. The zero-order valence-corrected chi connectivity index (χ0v) is 6.30. The summed E-state index contributed by atoms with van der Waals surface area (Å²) in [5.74, 6) is 0. The van der Waals surface area contributed by atoms with Crippen LogP contribution in [0, 0.1) is 10.1 Å². The maximum atomic E-state index is 10.9. The van der Waals surface area contributed by atoms with Crippen LogP contribution in [0.25, 0.3) is 5.65 Å². The molecule has 0 aliphatic rings. The van der Waals surface area contributed by atoms with Crippen LogP contribution in [-0.4, -0.2) is 19.5 Å². The lowest BCUT2D eigenvalue weighted by Crippen LogP contribution is -2.08. The lowest BCUT2D eigenvalue weighted by molar-refractivity contribution is -0.384. The van der Waals surface area contributed by atoms with E-state index in [2.05, 4.69) is 10.2 Å². The predicted octanol–water partition coefficient (Wildman–Crippen LogP) is -0.0692. The largest absolute Gasteiger partial charge is 0.347 e. The molecule has 2 heterocycles. The molecule has 0 radical (unpaired) electrons. The summed E-state index contributed by atoms with van der Waals surface area (Å²) in [6.07, 6.45) is 1.30. The number of hydrogen-bond donors (Lipinski definition) is 1. The first-order chi connectivity index (χ1) is 6.18. The van der Waals surface area contributed by atoms with Crippen LogP contribution >= 0.6 is 0 Å². The summed E-state index contributed by atoms with van der Waals surface area (Å²) in [7, 11) is 0. The first-order valence-electron chi connectivity index (χ1n) is 3.39. The number of pyridine rings is 1. The van der Waals surface area contributed by atoms with Crippen molar-refractivity contribution in [3.8, 4) is 0 Å². The van der Waals surface area contributed by atoms with Gasteiger partial charge in [0.25, 0.3) is 5.69 Å². The van der Waals surface area contributed by atoms with E-state index in [4.69, 9.17) is 0 Å². The molecule has 0 saturated carbocycles. The van der Waals surface area contributed by atoms with Crippen LogP contribution in [0.4, 0.5) is 5.69 Å². The monoisotopic (exact) mass is 180 g/mol. The minimum absolute atomic E-state index is 0.0912. The van der Waals surface area contributed by atoms with Crippen LogP contribution < -0.4 is 5.69 Å². The number of aromatic amines is 1. The number of fused-ring (bicyclic) bond motifs is 1. The third-order valence-electron chi connectivity index (χ3n) is 1.61. The van der Waals surface area contributed by atoms with E-state index in [9.17, 15) is 14.9 Å². The molecule has 0 saturated heterocycles. The first kappa shape index (κ1) is 7.47. The van der Waals surface area contributed by atoms with Gasteiger partial charge in [-0.1, -0.05) is 0 Å². The molecule has 0 amide bonds. The molecule has 1 N–H and O–H groups in total. The molecule has 0 fully saturated rings. The molecule has 7 nitrogen and oxygen atoms in total. The van der Waals surface area contributed by atoms with Crippen molar-refractivity contribution in [1.29, 1.82) is 0 Å². The fourth-order valence-corrected chi connectivity index (χ4v) is 1.01. The van der Waals surface area contributed by atoms with Crippen LogP contribution in [0.5, 0.6) is 0 Å². The van der Waals surface area contributed by atoms with E-state index in [1.165, 1.54) is 22.7 Å². The average Bonchev–Trinajstić information content (AvgIpc) is 2.47. The topological polar surface area (TPSA) is 93.3 Å². The van der Waals surface area contributed by atoms with Crippen molar-refractivity contribution < 1.29 is 4.92 Å². The van der Waals surface area contributed by atoms with Crippen LogP contribution in [0.3, 0.4) is 0 Å². The van der Waals surface area contributed by atoms with E-state index in [0.717, 1.165) is 0 Å². The highest BCUT2D eigenvalue weighted by atomic mass is 16.6. The number of aromatic nitrogens is 3. The molecule has 7 heteroatoms. The summed E-state index contributed by atoms with van der Waals surface area (Å²) < 4.78 is 1.19. The van der Waals surface area contributed by atoms with Crippen molar-refractivity contribution in [2.45, 2.75) is 0 Å². The summed E-state index contributed by atoms with van der Waals surface area (Å²) in [6, 6.07) is 2.46. The predicted molar refractivity (Wildman–Crippen MR) is 42.5 cm³/mol. The smallest absolute Gasteiger partial charge is 0.258 e. The number of rotatable bonds is 1. The van der Waals surface area contributed by atoms with Gasteiger partial charge in [0.05, 0.1) is 11.0 Å². The Balaban J connectivity index is 2.77. The number of nitrogens with zero attached hydrogens (tertiary/aromatic N) is 3. The molecule has 0 aliphatic heterocycles. The molecule has 0 atom stereocenters. The van der Waals surface area contributed by atoms with Gasteiger partial charge in [-0.3, -0.25) is 14.5 Å². The van der Waals surface area contributed by atoms with E-state index in [1.54, 1.807) is 0 Å². The molecule has 0 bridgehead atoms. The molecule has 0 aromatic carbocycles. The molecule has 0 aliphatic carbocycles. The molecular weight excluding hydrogens is 176 g/mol. The van der Waals surface area contributed by atoms with Gasteiger partial charge in [-0.25, -0.2) is 9.89 Å². The van der Waals surface area contributed by atoms with Crippen molar-refractivity contribution in [2.24, 2.45) is 0 Å². The number of H-pyrrole nitrogens is 1. The molecule has 2 aromatic heterocycles. The minimum atomic E-state index is -0.543. The van der Waals surface area contributed by atoms with E-state index in [0.29, 0.717) is 0 Å². The number of nitrogens with one attached hydrogen (secondary N) is 1. The first-order valence-corrected chi connectivity index (χ1v) is 3.39. The Morgan fingerprint density at radius 1 is 1.62 bits per heavy atom. The van der Waals surface area contributed by atoms with Crippen molar-refractivity contribution in [3.05, 3.63) is 38.9 Å². The second-order valence-corrected chi connectivity index (χ2v) is 2.40. The summed E-state index contributed by atoms with van der Waals surface area (Å²) >= 11 is 0. The maximum Gasteiger partial charge on any atom is 0.347 e. The van der Waals surface area contributed by atoms with Gasteiger partial charge in [-0.05, 0) is 0 Å². The average molecular weight is 180 g/mol. The number of nitro groups is 1. The molecule has 2 rings (SSSR count). The van der Waals surface area contributed by atoms with E-state index in [-0.39, 0.29) is 11.3 Å². The molecule has 66 valence electrons. The van der Waals surface area contributed by atoms with E-state index >= 15 is 0 Å². The Kier molecular flexibility index (Phi) is 1.38. The molecule has 2 aromatic rings. The second-order valence-electron chi connectivity index (χ2n) is 2.40. The normalized spacial score (nSPS) is 10.5. The molecular formula is C6H4N4O3. The van der Waals surface area contributed by atoms with Gasteiger partial charge in [0.1, 0.15) is 0 Å². The molecule has 0 unspecified atom stereocenters. The lowest BCUT2D eigenvalue weighted by atomic mass is 10.4. The molecule has 13 heavy (non-hydrogen) atoms. The van der Waals surface area contributed by atoms with Crippen LogP contribution in [-0.2, 0) is 0 Å². The Morgan fingerprint density at radius 2 is 2.38 bits per heavy atom. The Labute approximate surface area is 70.8 Å². The minimum Gasteiger partial charge on any atom is -0.258 e. The fraction of sp³-hybridized carbons (Fsp3) is 0. The highest BCUT2D eigenvalue weighted by molar-refractivity contribution is 5.46. The zero-order valence-electron chi connectivity index (χ0n) is 6.30. The Bertz CT molecular complexity index is 526. The SMILES string of the molecule is O=c1[nH]nc2cc([N+](=O)[O-])ccn12. The van der Waals surface area contributed by atoms with Gasteiger partial charge >= 0.3 is 5.69 Å². The third-order valence-corrected chi connectivity index (χ3v) is 1.61. The summed E-state index contributed by atoms with van der Waals surface area (Å²) in [4.78, 5) is 20.7. The van der Waals surface area contributed by atoms with Gasteiger partial charge in [0, 0.05) is 12.3 Å². The highest BCUT2D eigenvalue weighted by Gasteiger charge is 2.07. The van der Waals surface area contributed by atoms with Crippen molar-refractivity contribution in [2.75, 3.05) is 0 Å². The zero-order chi connectivity index (χ0) is 9.42. The Morgan fingerprint density at radius 3 is 3.08 bits per heavy atom. The Hall–Kier alpha value is -2.18. The van der Waals surface area contributed by atoms with Crippen LogP contribution in [0.1, 0.15) is 0 Å².